The van der Waals surface area contributed by atoms with Crippen molar-refractivity contribution in [1.82, 2.24) is 29.7 Å². The van der Waals surface area contributed by atoms with E-state index in [1.165, 1.54) is 25.7 Å². The number of nitrogens with zero attached hydrogens (tertiary/aromatic N) is 6. The van der Waals surface area contributed by atoms with Gasteiger partial charge >= 0.3 is 0 Å². The molecule has 1 saturated heterocycles. The van der Waals surface area contributed by atoms with Gasteiger partial charge in [0.1, 0.15) is 0 Å². The summed E-state index contributed by atoms with van der Waals surface area (Å²) in [7, 11) is 0. The van der Waals surface area contributed by atoms with Crippen molar-refractivity contribution in [3.8, 4) is 0 Å². The minimum atomic E-state index is -0.736. The average molecular weight is 330 g/mol. The molecule has 7 heteroatoms. The first-order valence-electron chi connectivity index (χ1n) is 9.03. The number of β-amino-alcohol motifs (C(OH)–C–C–N with tert-alkyl or cyclic N) is 1. The van der Waals surface area contributed by atoms with Gasteiger partial charge in [-0.05, 0) is 38.3 Å². The molecule has 2 aromatic rings. The Labute approximate surface area is 142 Å². The van der Waals surface area contributed by atoms with Crippen LogP contribution in [-0.2, 0) is 13.1 Å². The Hall–Kier alpha value is -1.73. The lowest BCUT2D eigenvalue weighted by Gasteiger charge is -2.38. The van der Waals surface area contributed by atoms with E-state index >= 15 is 0 Å². The van der Waals surface area contributed by atoms with Crippen molar-refractivity contribution in [2.75, 3.05) is 13.1 Å². The summed E-state index contributed by atoms with van der Waals surface area (Å²) in [4.78, 5) is 2.31. The Morgan fingerprint density at radius 1 is 1.21 bits per heavy atom. The minimum absolute atomic E-state index is 0.500. The molecule has 1 saturated carbocycles. The number of hydrogen-bond acceptors (Lipinski definition) is 5. The summed E-state index contributed by atoms with van der Waals surface area (Å²) in [5, 5.41) is 23.5. The van der Waals surface area contributed by atoms with E-state index in [4.69, 9.17) is 5.10 Å². The van der Waals surface area contributed by atoms with Crippen molar-refractivity contribution in [3.63, 3.8) is 0 Å². The summed E-state index contributed by atoms with van der Waals surface area (Å²) in [5.74, 6) is 0. The molecule has 0 aromatic carbocycles. The van der Waals surface area contributed by atoms with Crippen molar-refractivity contribution in [2.45, 2.75) is 63.3 Å². The molecule has 7 nitrogen and oxygen atoms in total. The zero-order valence-electron chi connectivity index (χ0n) is 14.1. The Kier molecular flexibility index (Phi) is 4.37. The quantitative estimate of drug-likeness (QED) is 0.902. The second-order valence-corrected chi connectivity index (χ2v) is 7.36. The molecule has 0 amide bonds. The van der Waals surface area contributed by atoms with Crippen molar-refractivity contribution in [3.05, 3.63) is 30.4 Å². The van der Waals surface area contributed by atoms with E-state index in [-0.39, 0.29) is 0 Å². The number of hydrogen-bond donors (Lipinski definition) is 1. The fraction of sp³-hybridized carbons (Fsp3) is 0.706. The fourth-order valence-corrected chi connectivity index (χ4v) is 4.15. The molecule has 3 heterocycles. The molecule has 2 fully saturated rings. The molecular formula is C17H26N6O. The monoisotopic (exact) mass is 330 g/mol. The van der Waals surface area contributed by atoms with Gasteiger partial charge in [0, 0.05) is 25.5 Å². The largest absolute Gasteiger partial charge is 0.387 e. The lowest BCUT2D eigenvalue weighted by Crippen LogP contribution is -2.50. The van der Waals surface area contributed by atoms with Crippen LogP contribution < -0.4 is 0 Å². The lowest BCUT2D eigenvalue weighted by atomic mass is 9.92. The van der Waals surface area contributed by atoms with E-state index in [1.54, 1.807) is 17.1 Å². The maximum absolute atomic E-state index is 10.9. The second-order valence-electron chi connectivity index (χ2n) is 7.36. The third-order valence-corrected chi connectivity index (χ3v) is 5.31. The predicted octanol–water partition coefficient (Wildman–Crippen LogP) is 1.62. The summed E-state index contributed by atoms with van der Waals surface area (Å²) in [6.07, 6.45) is 12.5. The Bertz CT molecular complexity index is 648. The number of likely N-dealkylation sites (tertiary alicyclic amines) is 1. The molecule has 1 N–H and O–H groups in total. The third kappa shape index (κ3) is 3.52. The van der Waals surface area contributed by atoms with Crippen LogP contribution in [0.2, 0.25) is 0 Å². The standard InChI is InChI=1S/C17H26N6O/c24-17(14-22-11-8-18-20-22)7-3-9-21(13-17)12-15-6-10-23(19-15)16-4-1-2-5-16/h6,8,10-11,16,24H,1-5,7,9,12-14H2. The van der Waals surface area contributed by atoms with Gasteiger partial charge in [-0.1, -0.05) is 18.1 Å². The van der Waals surface area contributed by atoms with E-state index in [1.807, 2.05) is 0 Å². The van der Waals surface area contributed by atoms with Crippen LogP contribution in [0.4, 0.5) is 0 Å². The van der Waals surface area contributed by atoms with E-state index in [0.29, 0.717) is 19.1 Å². The first kappa shape index (κ1) is 15.8. The highest BCUT2D eigenvalue weighted by Gasteiger charge is 2.34. The van der Waals surface area contributed by atoms with Crippen LogP contribution in [0.25, 0.3) is 0 Å². The lowest BCUT2D eigenvalue weighted by molar-refractivity contribution is -0.0481. The Morgan fingerprint density at radius 2 is 2.08 bits per heavy atom. The zero-order valence-corrected chi connectivity index (χ0v) is 14.1. The van der Waals surface area contributed by atoms with Crippen LogP contribution in [0, 0.1) is 0 Å². The van der Waals surface area contributed by atoms with E-state index in [0.717, 1.165) is 31.6 Å². The molecule has 1 aliphatic heterocycles. The summed E-state index contributed by atoms with van der Waals surface area (Å²) >= 11 is 0. The zero-order chi connectivity index (χ0) is 16.4. The van der Waals surface area contributed by atoms with Crippen LogP contribution in [-0.4, -0.2) is 53.5 Å². The Morgan fingerprint density at radius 3 is 2.88 bits per heavy atom. The number of aliphatic hydroxyl groups is 1. The van der Waals surface area contributed by atoms with Gasteiger partial charge in [-0.2, -0.15) is 5.10 Å². The molecule has 24 heavy (non-hydrogen) atoms. The van der Waals surface area contributed by atoms with Gasteiger partial charge in [0.25, 0.3) is 0 Å². The molecular weight excluding hydrogens is 304 g/mol. The smallest absolute Gasteiger partial charge is 0.0970 e. The first-order chi connectivity index (χ1) is 11.7. The first-order valence-corrected chi connectivity index (χ1v) is 9.03. The van der Waals surface area contributed by atoms with Crippen molar-refractivity contribution in [1.29, 1.82) is 0 Å². The van der Waals surface area contributed by atoms with Gasteiger partial charge in [-0.15, -0.1) is 5.10 Å². The van der Waals surface area contributed by atoms with E-state index in [9.17, 15) is 5.11 Å². The summed E-state index contributed by atoms with van der Waals surface area (Å²) in [6, 6.07) is 2.72. The highest BCUT2D eigenvalue weighted by molar-refractivity contribution is 5.01. The minimum Gasteiger partial charge on any atom is -0.387 e. The fourth-order valence-electron chi connectivity index (χ4n) is 4.15. The number of piperidine rings is 1. The number of aromatic nitrogens is 5. The molecule has 1 aliphatic carbocycles. The molecule has 2 aliphatic rings. The van der Waals surface area contributed by atoms with Crippen molar-refractivity contribution < 1.29 is 5.11 Å². The molecule has 0 bridgehead atoms. The maximum atomic E-state index is 10.9. The van der Waals surface area contributed by atoms with Crippen LogP contribution in [0.15, 0.2) is 24.7 Å². The highest BCUT2D eigenvalue weighted by atomic mass is 16.3. The molecule has 130 valence electrons. The van der Waals surface area contributed by atoms with Gasteiger partial charge in [-0.3, -0.25) is 9.58 Å². The molecule has 2 aromatic heterocycles. The molecule has 4 rings (SSSR count). The molecule has 0 radical (unpaired) electrons. The van der Waals surface area contributed by atoms with Crippen LogP contribution >= 0.6 is 0 Å². The Balaban J connectivity index is 1.37. The topological polar surface area (TPSA) is 72.0 Å². The SMILES string of the molecule is OC1(Cn2ccnn2)CCCN(Cc2ccn(C3CCCC3)n2)C1. The summed E-state index contributed by atoms with van der Waals surface area (Å²) in [6.45, 7) is 2.97. The summed E-state index contributed by atoms with van der Waals surface area (Å²) < 4.78 is 3.87. The highest BCUT2D eigenvalue weighted by Crippen LogP contribution is 2.29. The van der Waals surface area contributed by atoms with Gasteiger partial charge in [-0.25, -0.2) is 4.68 Å². The summed E-state index contributed by atoms with van der Waals surface area (Å²) in [5.41, 5.74) is 0.367. The van der Waals surface area contributed by atoms with Crippen molar-refractivity contribution in [2.24, 2.45) is 0 Å². The van der Waals surface area contributed by atoms with Crippen molar-refractivity contribution >= 4 is 0 Å². The maximum Gasteiger partial charge on any atom is 0.0970 e. The van der Waals surface area contributed by atoms with E-state index < -0.39 is 5.60 Å². The van der Waals surface area contributed by atoms with Gasteiger partial charge in [0.15, 0.2) is 0 Å². The second kappa shape index (κ2) is 6.64. The normalized spacial score (nSPS) is 26.2. The van der Waals surface area contributed by atoms with Gasteiger partial charge in [0.05, 0.1) is 30.1 Å². The predicted molar refractivity (Wildman–Crippen MR) is 89.2 cm³/mol. The van der Waals surface area contributed by atoms with Gasteiger partial charge < -0.3 is 5.11 Å². The average Bonchev–Trinajstić information content (AvgIpc) is 3.28. The van der Waals surface area contributed by atoms with Crippen LogP contribution in [0.1, 0.15) is 50.3 Å². The third-order valence-electron chi connectivity index (χ3n) is 5.31. The number of rotatable bonds is 5. The molecule has 1 unspecified atom stereocenters. The van der Waals surface area contributed by atoms with Crippen LogP contribution in [0.5, 0.6) is 0 Å². The van der Waals surface area contributed by atoms with Gasteiger partial charge in [0.2, 0.25) is 0 Å². The van der Waals surface area contributed by atoms with E-state index in [2.05, 4.69) is 32.2 Å². The van der Waals surface area contributed by atoms with Crippen LogP contribution in [0.3, 0.4) is 0 Å². The molecule has 0 spiro atoms. The molecule has 1 atom stereocenters.